The Labute approximate surface area is 137 Å². The molecule has 0 saturated carbocycles. The topological polar surface area (TPSA) is 35.2 Å². The van der Waals surface area contributed by atoms with Crippen molar-refractivity contribution in [3.8, 4) is 5.75 Å². The molecule has 0 saturated heterocycles. The van der Waals surface area contributed by atoms with Crippen molar-refractivity contribution < 1.29 is 4.74 Å². The van der Waals surface area contributed by atoms with Crippen LogP contribution in [0.3, 0.4) is 0 Å². The van der Waals surface area contributed by atoms with Gasteiger partial charge in [0.2, 0.25) is 0 Å². The van der Waals surface area contributed by atoms with Gasteiger partial charge in [0.1, 0.15) is 11.9 Å². The third kappa shape index (κ3) is 3.51. The van der Waals surface area contributed by atoms with Crippen LogP contribution in [0.15, 0.2) is 36.4 Å². The molecule has 1 atom stereocenters. The van der Waals surface area contributed by atoms with Gasteiger partial charge < -0.3 is 10.5 Å². The third-order valence-electron chi connectivity index (χ3n) is 2.71. The fraction of sp³-hybridized carbons (Fsp3) is 0.143. The van der Waals surface area contributed by atoms with E-state index in [-0.39, 0.29) is 6.54 Å². The number of halogens is 4. The van der Waals surface area contributed by atoms with Crippen molar-refractivity contribution in [2.24, 2.45) is 5.73 Å². The van der Waals surface area contributed by atoms with E-state index in [1.807, 2.05) is 18.2 Å². The van der Waals surface area contributed by atoms with Crippen LogP contribution in [0.5, 0.6) is 5.75 Å². The highest BCUT2D eigenvalue weighted by atomic mass is 35.5. The second kappa shape index (κ2) is 6.88. The molecule has 6 heteroatoms. The Hall–Kier alpha value is -0.640. The smallest absolute Gasteiger partial charge is 0.140 e. The van der Waals surface area contributed by atoms with Gasteiger partial charge in [-0.05, 0) is 12.1 Å². The Morgan fingerprint density at radius 3 is 2.20 bits per heavy atom. The molecule has 0 aliphatic rings. The number of nitrogens with two attached hydrogens (primary N) is 1. The zero-order chi connectivity index (χ0) is 14.7. The molecule has 0 fully saturated rings. The number of rotatable bonds is 4. The summed E-state index contributed by atoms with van der Waals surface area (Å²) in [6, 6.07) is 10.4. The van der Waals surface area contributed by atoms with Crippen molar-refractivity contribution in [3.05, 3.63) is 62.1 Å². The summed E-state index contributed by atoms with van der Waals surface area (Å²) in [7, 11) is 0. The molecule has 0 spiro atoms. The summed E-state index contributed by atoms with van der Waals surface area (Å²) in [6.45, 7) is 0.250. The van der Waals surface area contributed by atoms with Crippen LogP contribution in [0.1, 0.15) is 11.7 Å². The minimum Gasteiger partial charge on any atom is -0.483 e. The number of hydrogen-bond donors (Lipinski definition) is 1. The quantitative estimate of drug-likeness (QED) is 0.751. The second-order valence-electron chi connectivity index (χ2n) is 4.06. The zero-order valence-electron chi connectivity index (χ0n) is 10.2. The van der Waals surface area contributed by atoms with Gasteiger partial charge in [-0.25, -0.2) is 0 Å². The Kier molecular flexibility index (Phi) is 5.42. The largest absolute Gasteiger partial charge is 0.483 e. The molecule has 0 aliphatic heterocycles. The Morgan fingerprint density at radius 1 is 0.900 bits per heavy atom. The summed E-state index contributed by atoms with van der Waals surface area (Å²) in [5.41, 5.74) is 6.54. The molecule has 1 unspecified atom stereocenters. The minimum atomic E-state index is -0.418. The molecule has 0 aliphatic carbocycles. The first-order chi connectivity index (χ1) is 9.52. The van der Waals surface area contributed by atoms with Crippen molar-refractivity contribution in [3.63, 3.8) is 0 Å². The molecule has 20 heavy (non-hydrogen) atoms. The molecule has 0 bridgehead atoms. The van der Waals surface area contributed by atoms with Crippen LogP contribution in [0.25, 0.3) is 0 Å². The van der Waals surface area contributed by atoms with E-state index < -0.39 is 6.10 Å². The molecule has 0 radical (unpaired) electrons. The molecule has 0 heterocycles. The normalized spacial score (nSPS) is 12.2. The lowest BCUT2D eigenvalue weighted by Crippen LogP contribution is -2.19. The fourth-order valence-corrected chi connectivity index (χ4v) is 2.56. The maximum Gasteiger partial charge on any atom is 0.140 e. The molecular formula is C14H11Cl4NO. The van der Waals surface area contributed by atoms with E-state index in [9.17, 15) is 0 Å². The van der Waals surface area contributed by atoms with Crippen LogP contribution in [0, 0.1) is 0 Å². The van der Waals surface area contributed by atoms with Gasteiger partial charge in [0.15, 0.2) is 0 Å². The molecule has 0 aromatic heterocycles. The monoisotopic (exact) mass is 349 g/mol. The first-order valence-electron chi connectivity index (χ1n) is 5.78. The van der Waals surface area contributed by atoms with Crippen LogP contribution in [-0.4, -0.2) is 6.54 Å². The Balaban J connectivity index is 2.32. The minimum absolute atomic E-state index is 0.250. The highest BCUT2D eigenvalue weighted by molar-refractivity contribution is 6.43. The van der Waals surface area contributed by atoms with Crippen LogP contribution < -0.4 is 10.5 Å². The van der Waals surface area contributed by atoms with E-state index in [0.717, 1.165) is 5.56 Å². The van der Waals surface area contributed by atoms with Gasteiger partial charge in [-0.2, -0.15) is 0 Å². The average Bonchev–Trinajstić information content (AvgIpc) is 2.42. The fourth-order valence-electron chi connectivity index (χ4n) is 1.72. The Bertz CT molecular complexity index is 618. The lowest BCUT2D eigenvalue weighted by atomic mass is 10.1. The third-order valence-corrected chi connectivity index (χ3v) is 4.07. The van der Waals surface area contributed by atoms with Gasteiger partial charge in [-0.1, -0.05) is 64.6 Å². The summed E-state index contributed by atoms with van der Waals surface area (Å²) >= 11 is 24.1. The van der Waals surface area contributed by atoms with E-state index in [4.69, 9.17) is 56.9 Å². The number of ether oxygens (including phenoxy) is 1. The van der Waals surface area contributed by atoms with E-state index in [1.54, 1.807) is 12.1 Å². The van der Waals surface area contributed by atoms with Gasteiger partial charge in [0.25, 0.3) is 0 Å². The van der Waals surface area contributed by atoms with Crippen molar-refractivity contribution in [2.45, 2.75) is 6.10 Å². The molecule has 2 nitrogen and oxygen atoms in total. The zero-order valence-corrected chi connectivity index (χ0v) is 13.3. The van der Waals surface area contributed by atoms with Crippen molar-refractivity contribution in [1.29, 1.82) is 0 Å². The molecule has 106 valence electrons. The SMILES string of the molecule is NCC(Oc1cc(Cl)c(Cl)cc1Cl)c1ccccc1Cl. The predicted molar refractivity (Wildman–Crippen MR) is 85.3 cm³/mol. The molecule has 0 amide bonds. The van der Waals surface area contributed by atoms with Crippen molar-refractivity contribution in [2.75, 3.05) is 6.54 Å². The Morgan fingerprint density at radius 2 is 1.55 bits per heavy atom. The van der Waals surface area contributed by atoms with Gasteiger partial charge in [-0.3, -0.25) is 0 Å². The van der Waals surface area contributed by atoms with E-state index >= 15 is 0 Å². The van der Waals surface area contributed by atoms with Crippen LogP contribution >= 0.6 is 46.4 Å². The van der Waals surface area contributed by atoms with Gasteiger partial charge in [0.05, 0.1) is 15.1 Å². The number of hydrogen-bond acceptors (Lipinski definition) is 2. The summed E-state index contributed by atoms with van der Waals surface area (Å²) in [5.74, 6) is 0.413. The predicted octanol–water partition coefficient (Wildman–Crippen LogP) is 5.38. The van der Waals surface area contributed by atoms with Gasteiger partial charge in [-0.15, -0.1) is 0 Å². The van der Waals surface area contributed by atoms with Crippen LogP contribution in [-0.2, 0) is 0 Å². The first-order valence-corrected chi connectivity index (χ1v) is 7.29. The second-order valence-corrected chi connectivity index (χ2v) is 5.69. The van der Waals surface area contributed by atoms with Crippen molar-refractivity contribution in [1.82, 2.24) is 0 Å². The number of benzene rings is 2. The summed E-state index contributed by atoms with van der Waals surface area (Å²) < 4.78 is 5.81. The standard InChI is InChI=1S/C14H11Cl4NO/c15-9-4-2-1-3-8(9)14(7-19)20-13-6-11(17)10(16)5-12(13)18/h1-6,14H,7,19H2. The van der Waals surface area contributed by atoms with Crippen LogP contribution in [0.4, 0.5) is 0 Å². The highest BCUT2D eigenvalue weighted by Crippen LogP contribution is 2.36. The van der Waals surface area contributed by atoms with E-state index in [0.29, 0.717) is 25.8 Å². The van der Waals surface area contributed by atoms with Gasteiger partial charge >= 0.3 is 0 Å². The maximum absolute atomic E-state index is 6.14. The molecule has 2 aromatic carbocycles. The summed E-state index contributed by atoms with van der Waals surface area (Å²) in [5, 5.41) is 1.68. The lowest BCUT2D eigenvalue weighted by molar-refractivity contribution is 0.214. The summed E-state index contributed by atoms with van der Waals surface area (Å²) in [6.07, 6.45) is -0.418. The van der Waals surface area contributed by atoms with E-state index in [1.165, 1.54) is 6.07 Å². The maximum atomic E-state index is 6.14. The molecule has 2 aromatic rings. The average molecular weight is 351 g/mol. The van der Waals surface area contributed by atoms with Crippen LogP contribution in [0.2, 0.25) is 20.1 Å². The molecule has 2 N–H and O–H groups in total. The molecule has 2 rings (SSSR count). The summed E-state index contributed by atoms with van der Waals surface area (Å²) in [4.78, 5) is 0. The highest BCUT2D eigenvalue weighted by Gasteiger charge is 2.17. The molecular weight excluding hydrogens is 340 g/mol. The first kappa shape index (κ1) is 15.7. The van der Waals surface area contributed by atoms with Crippen molar-refractivity contribution >= 4 is 46.4 Å². The van der Waals surface area contributed by atoms with Gasteiger partial charge in [0, 0.05) is 23.2 Å². The lowest BCUT2D eigenvalue weighted by Gasteiger charge is -2.20. The van der Waals surface area contributed by atoms with E-state index in [2.05, 4.69) is 0 Å².